The zero-order valence-electron chi connectivity index (χ0n) is 11.1. The van der Waals surface area contributed by atoms with E-state index in [1.807, 2.05) is 10.8 Å². The van der Waals surface area contributed by atoms with Crippen LogP contribution in [0.3, 0.4) is 0 Å². The summed E-state index contributed by atoms with van der Waals surface area (Å²) in [5.74, 6) is 1.14. The Hall–Kier alpha value is -0.840. The van der Waals surface area contributed by atoms with Crippen molar-refractivity contribution in [1.82, 2.24) is 9.55 Å². The second-order valence-corrected chi connectivity index (χ2v) is 8.08. The van der Waals surface area contributed by atoms with E-state index in [4.69, 9.17) is 0 Å². The fraction of sp³-hybridized carbons (Fsp3) is 0.750. The molecule has 0 bridgehead atoms. The summed E-state index contributed by atoms with van der Waals surface area (Å²) in [4.78, 5) is 4.24. The predicted octanol–water partition coefficient (Wildman–Crippen LogP) is 2.05. The summed E-state index contributed by atoms with van der Waals surface area (Å²) in [6, 6.07) is 0. The minimum atomic E-state index is -3.05. The molecule has 5 heteroatoms. The van der Waals surface area contributed by atoms with Gasteiger partial charge in [-0.15, -0.1) is 0 Å². The Bertz CT molecular complexity index is 455. The molecule has 1 rings (SSSR count). The van der Waals surface area contributed by atoms with Gasteiger partial charge in [0.1, 0.15) is 5.82 Å². The molecule has 0 spiro atoms. The highest BCUT2D eigenvalue weighted by Gasteiger charge is 2.28. The number of nitrogens with zero attached hydrogens (tertiary/aromatic N) is 2. The van der Waals surface area contributed by atoms with Gasteiger partial charge < -0.3 is 4.57 Å². The van der Waals surface area contributed by atoms with Gasteiger partial charge in [0.15, 0.2) is 9.84 Å². The van der Waals surface area contributed by atoms with Crippen molar-refractivity contribution < 1.29 is 8.42 Å². The summed E-state index contributed by atoms with van der Waals surface area (Å²) < 4.78 is 25.2. The molecule has 0 N–H and O–H groups in total. The Kier molecular flexibility index (Phi) is 4.36. The van der Waals surface area contributed by atoms with Crippen molar-refractivity contribution in [2.24, 2.45) is 0 Å². The van der Waals surface area contributed by atoms with Crippen LogP contribution in [-0.4, -0.2) is 28.5 Å². The van der Waals surface area contributed by atoms with E-state index in [0.29, 0.717) is 6.54 Å². The molecule has 0 unspecified atom stereocenters. The molecule has 0 atom stereocenters. The van der Waals surface area contributed by atoms with Gasteiger partial charge in [0.05, 0.1) is 10.5 Å². The fourth-order valence-corrected chi connectivity index (χ4v) is 2.57. The number of aromatic nitrogens is 2. The van der Waals surface area contributed by atoms with Crippen molar-refractivity contribution >= 4 is 9.84 Å². The van der Waals surface area contributed by atoms with Crippen LogP contribution in [0.5, 0.6) is 0 Å². The van der Waals surface area contributed by atoms with E-state index in [9.17, 15) is 8.42 Å². The second kappa shape index (κ2) is 5.21. The van der Waals surface area contributed by atoms with Crippen LogP contribution in [0.1, 0.15) is 39.9 Å². The standard InChI is InChI=1S/C12H22N2O2S/c1-5-6-11-13-7-8-14(11)9-10-17(15,16)12(2,3)4/h7-8H,5-6,9-10H2,1-4H3. The maximum atomic E-state index is 12.0. The van der Waals surface area contributed by atoms with E-state index in [2.05, 4.69) is 11.9 Å². The largest absolute Gasteiger partial charge is 0.334 e. The van der Waals surface area contributed by atoms with Gasteiger partial charge in [-0.25, -0.2) is 13.4 Å². The van der Waals surface area contributed by atoms with Gasteiger partial charge in [0, 0.05) is 25.4 Å². The van der Waals surface area contributed by atoms with Crippen molar-refractivity contribution in [2.45, 2.75) is 51.8 Å². The van der Waals surface area contributed by atoms with E-state index >= 15 is 0 Å². The Morgan fingerprint density at radius 1 is 1.35 bits per heavy atom. The average Bonchev–Trinajstić information content (AvgIpc) is 2.61. The predicted molar refractivity (Wildman–Crippen MR) is 69.8 cm³/mol. The van der Waals surface area contributed by atoms with Crippen LogP contribution in [0.25, 0.3) is 0 Å². The van der Waals surface area contributed by atoms with Crippen molar-refractivity contribution in [1.29, 1.82) is 0 Å². The van der Waals surface area contributed by atoms with Crippen molar-refractivity contribution in [3.05, 3.63) is 18.2 Å². The minimum Gasteiger partial charge on any atom is -0.334 e. The lowest BCUT2D eigenvalue weighted by Crippen LogP contribution is -2.32. The molecule has 0 fully saturated rings. The molecular formula is C12H22N2O2S. The molecule has 0 aliphatic carbocycles. The minimum absolute atomic E-state index is 0.170. The SMILES string of the molecule is CCCc1nccn1CCS(=O)(=O)C(C)(C)C. The summed E-state index contributed by atoms with van der Waals surface area (Å²) >= 11 is 0. The molecule has 0 saturated heterocycles. The molecule has 1 heterocycles. The van der Waals surface area contributed by atoms with E-state index < -0.39 is 14.6 Å². The first-order chi connectivity index (χ1) is 7.78. The molecule has 17 heavy (non-hydrogen) atoms. The summed E-state index contributed by atoms with van der Waals surface area (Å²) in [6.07, 6.45) is 5.49. The molecule has 98 valence electrons. The first kappa shape index (κ1) is 14.2. The molecule has 1 aromatic rings. The monoisotopic (exact) mass is 258 g/mol. The van der Waals surface area contributed by atoms with Crippen LogP contribution in [0.4, 0.5) is 0 Å². The Balaban J connectivity index is 2.71. The molecule has 1 aromatic heterocycles. The number of hydrogen-bond acceptors (Lipinski definition) is 3. The van der Waals surface area contributed by atoms with Crippen LogP contribution >= 0.6 is 0 Å². The first-order valence-electron chi connectivity index (χ1n) is 6.00. The smallest absolute Gasteiger partial charge is 0.156 e. The van der Waals surface area contributed by atoms with Crippen LogP contribution in [-0.2, 0) is 22.8 Å². The summed E-state index contributed by atoms with van der Waals surface area (Å²) in [6.45, 7) is 7.80. The van der Waals surface area contributed by atoms with Crippen LogP contribution in [0.2, 0.25) is 0 Å². The average molecular weight is 258 g/mol. The number of hydrogen-bond donors (Lipinski definition) is 0. The first-order valence-corrected chi connectivity index (χ1v) is 7.65. The Morgan fingerprint density at radius 3 is 2.53 bits per heavy atom. The Morgan fingerprint density at radius 2 is 2.00 bits per heavy atom. The van der Waals surface area contributed by atoms with Crippen molar-refractivity contribution in [2.75, 3.05) is 5.75 Å². The molecule has 0 saturated carbocycles. The fourth-order valence-electron chi connectivity index (χ4n) is 1.52. The van der Waals surface area contributed by atoms with Gasteiger partial charge in [-0.2, -0.15) is 0 Å². The molecule has 0 amide bonds. The maximum Gasteiger partial charge on any atom is 0.156 e. The third-order valence-electron chi connectivity index (χ3n) is 2.81. The Labute approximate surface area is 104 Å². The van der Waals surface area contributed by atoms with E-state index in [0.717, 1.165) is 18.7 Å². The lowest BCUT2D eigenvalue weighted by atomic mass is 10.3. The molecule has 0 aliphatic heterocycles. The third-order valence-corrected chi connectivity index (χ3v) is 5.40. The highest BCUT2D eigenvalue weighted by atomic mass is 32.2. The van der Waals surface area contributed by atoms with Crippen molar-refractivity contribution in [3.63, 3.8) is 0 Å². The van der Waals surface area contributed by atoms with Gasteiger partial charge in [0.25, 0.3) is 0 Å². The zero-order valence-corrected chi connectivity index (χ0v) is 11.9. The van der Waals surface area contributed by atoms with Gasteiger partial charge in [-0.1, -0.05) is 6.92 Å². The summed E-state index contributed by atoms with van der Waals surface area (Å²) in [7, 11) is -3.05. The highest BCUT2D eigenvalue weighted by Crippen LogP contribution is 2.16. The number of aryl methyl sites for hydroxylation is 2. The molecular weight excluding hydrogens is 236 g/mol. The normalized spacial score (nSPS) is 12.9. The van der Waals surface area contributed by atoms with Gasteiger partial charge in [-0.3, -0.25) is 0 Å². The summed E-state index contributed by atoms with van der Waals surface area (Å²) in [5, 5.41) is 0. The lowest BCUT2D eigenvalue weighted by Gasteiger charge is -2.19. The molecule has 0 aromatic carbocycles. The van der Waals surface area contributed by atoms with Gasteiger partial charge in [-0.05, 0) is 27.2 Å². The highest BCUT2D eigenvalue weighted by molar-refractivity contribution is 7.92. The number of imidazole rings is 1. The van der Waals surface area contributed by atoms with Crippen LogP contribution < -0.4 is 0 Å². The van der Waals surface area contributed by atoms with E-state index in [1.54, 1.807) is 27.0 Å². The van der Waals surface area contributed by atoms with E-state index in [-0.39, 0.29) is 5.75 Å². The second-order valence-electron chi connectivity index (χ2n) is 5.22. The van der Waals surface area contributed by atoms with Crippen molar-refractivity contribution in [3.8, 4) is 0 Å². The van der Waals surface area contributed by atoms with Gasteiger partial charge in [0.2, 0.25) is 0 Å². The number of rotatable bonds is 5. The molecule has 0 aliphatic rings. The molecule has 4 nitrogen and oxygen atoms in total. The number of sulfone groups is 1. The molecule has 0 radical (unpaired) electrons. The van der Waals surface area contributed by atoms with Crippen LogP contribution in [0, 0.1) is 0 Å². The van der Waals surface area contributed by atoms with Gasteiger partial charge >= 0.3 is 0 Å². The van der Waals surface area contributed by atoms with E-state index in [1.165, 1.54) is 0 Å². The summed E-state index contributed by atoms with van der Waals surface area (Å²) in [5.41, 5.74) is 0. The third kappa shape index (κ3) is 3.56. The maximum absolute atomic E-state index is 12.0. The lowest BCUT2D eigenvalue weighted by molar-refractivity contribution is 0.551. The topological polar surface area (TPSA) is 52.0 Å². The zero-order chi connectivity index (χ0) is 13.1. The quantitative estimate of drug-likeness (QED) is 0.812. The van der Waals surface area contributed by atoms with Crippen LogP contribution in [0.15, 0.2) is 12.4 Å².